The highest BCUT2D eigenvalue weighted by Crippen LogP contribution is 2.27. The number of carboxylic acid groups (broad SMARTS) is 1. The molecule has 0 aliphatic heterocycles. The van der Waals surface area contributed by atoms with E-state index in [2.05, 4.69) is 0 Å². The van der Waals surface area contributed by atoms with E-state index in [9.17, 15) is 18.0 Å². The van der Waals surface area contributed by atoms with Crippen LogP contribution in [0.15, 0.2) is 12.1 Å². The molecule has 2 N–H and O–H groups in total. The summed E-state index contributed by atoms with van der Waals surface area (Å²) in [6.07, 6.45) is -7.33. The van der Waals surface area contributed by atoms with E-state index in [0.29, 0.717) is 11.1 Å². The van der Waals surface area contributed by atoms with Crippen LogP contribution in [0.5, 0.6) is 5.75 Å². The molecular weight excluding hydrogens is 265 g/mol. The van der Waals surface area contributed by atoms with Crippen molar-refractivity contribution in [2.45, 2.75) is 26.1 Å². The maximum absolute atomic E-state index is 12.1. The van der Waals surface area contributed by atoms with Gasteiger partial charge in [-0.05, 0) is 37.1 Å². The fraction of sp³-hybridized carbons (Fsp3) is 0.417. The smallest absolute Gasteiger partial charge is 0.417 e. The predicted molar refractivity (Wildman–Crippen MR) is 60.4 cm³/mol. The topological polar surface area (TPSA) is 66.8 Å². The van der Waals surface area contributed by atoms with Crippen LogP contribution in [-0.4, -0.2) is 35.1 Å². The van der Waals surface area contributed by atoms with E-state index in [-0.39, 0.29) is 11.3 Å². The number of halogens is 3. The molecule has 0 bridgehead atoms. The highest BCUT2D eigenvalue weighted by atomic mass is 19.4. The van der Waals surface area contributed by atoms with E-state index in [4.69, 9.17) is 14.9 Å². The fourth-order valence-electron chi connectivity index (χ4n) is 1.56. The van der Waals surface area contributed by atoms with Crippen molar-refractivity contribution < 1.29 is 32.9 Å². The minimum absolute atomic E-state index is 0.0266. The highest BCUT2D eigenvalue weighted by Gasteiger charge is 2.38. The Labute approximate surface area is 107 Å². The van der Waals surface area contributed by atoms with Gasteiger partial charge in [-0.25, -0.2) is 4.79 Å². The Morgan fingerprint density at radius 1 is 1.32 bits per heavy atom. The summed E-state index contributed by atoms with van der Waals surface area (Å²) in [7, 11) is 0. The molecule has 0 aliphatic rings. The summed E-state index contributed by atoms with van der Waals surface area (Å²) in [5, 5.41) is 17.6. The Balaban J connectivity index is 2.88. The van der Waals surface area contributed by atoms with Crippen LogP contribution in [0.25, 0.3) is 0 Å². The molecular formula is C12H13F3O4. The summed E-state index contributed by atoms with van der Waals surface area (Å²) in [4.78, 5) is 10.8. The molecule has 19 heavy (non-hydrogen) atoms. The SMILES string of the molecule is Cc1cc(C(=O)O)cc(C)c1OCC(O)C(F)(F)F. The Kier molecular flexibility index (Phi) is 4.41. The molecule has 1 rings (SSSR count). The normalized spacial score (nSPS) is 13.2. The first-order valence-electron chi connectivity index (χ1n) is 5.35. The fourth-order valence-corrected chi connectivity index (χ4v) is 1.56. The van der Waals surface area contributed by atoms with Gasteiger partial charge in [-0.15, -0.1) is 0 Å². The number of ether oxygens (including phenoxy) is 1. The average Bonchev–Trinajstić information content (AvgIpc) is 2.25. The number of carboxylic acids is 1. The van der Waals surface area contributed by atoms with Gasteiger partial charge in [0.1, 0.15) is 12.4 Å². The van der Waals surface area contributed by atoms with Gasteiger partial charge in [-0.2, -0.15) is 13.2 Å². The number of benzene rings is 1. The van der Waals surface area contributed by atoms with E-state index < -0.39 is 24.9 Å². The Bertz CT molecular complexity index is 459. The van der Waals surface area contributed by atoms with E-state index in [1.165, 1.54) is 26.0 Å². The van der Waals surface area contributed by atoms with Gasteiger partial charge >= 0.3 is 12.1 Å². The number of alkyl halides is 3. The molecule has 0 aliphatic carbocycles. The van der Waals surface area contributed by atoms with Gasteiger partial charge in [0.15, 0.2) is 6.10 Å². The van der Waals surface area contributed by atoms with E-state index in [0.717, 1.165) is 0 Å². The minimum Gasteiger partial charge on any atom is -0.490 e. The number of aliphatic hydroxyl groups is 1. The molecule has 0 spiro atoms. The third-order valence-electron chi connectivity index (χ3n) is 2.47. The van der Waals surface area contributed by atoms with Crippen LogP contribution in [0.1, 0.15) is 21.5 Å². The molecule has 1 aromatic rings. The van der Waals surface area contributed by atoms with Gasteiger partial charge in [0, 0.05) is 0 Å². The molecule has 106 valence electrons. The molecule has 1 aromatic carbocycles. The molecule has 7 heteroatoms. The molecule has 4 nitrogen and oxygen atoms in total. The Hall–Kier alpha value is -1.76. The first-order valence-corrected chi connectivity index (χ1v) is 5.35. The van der Waals surface area contributed by atoms with Crippen LogP contribution in [-0.2, 0) is 0 Å². The van der Waals surface area contributed by atoms with E-state index >= 15 is 0 Å². The monoisotopic (exact) mass is 278 g/mol. The molecule has 0 heterocycles. The molecule has 0 saturated heterocycles. The number of hydrogen-bond donors (Lipinski definition) is 2. The van der Waals surface area contributed by atoms with E-state index in [1.807, 2.05) is 0 Å². The molecule has 1 unspecified atom stereocenters. The second kappa shape index (κ2) is 5.48. The van der Waals surface area contributed by atoms with Crippen molar-refractivity contribution in [1.29, 1.82) is 0 Å². The summed E-state index contributed by atoms with van der Waals surface area (Å²) < 4.78 is 41.3. The summed E-state index contributed by atoms with van der Waals surface area (Å²) in [5.74, 6) is -0.985. The predicted octanol–water partition coefficient (Wildman–Crippen LogP) is 2.30. The number of rotatable bonds is 4. The van der Waals surface area contributed by atoms with Crippen molar-refractivity contribution in [2.24, 2.45) is 0 Å². The Morgan fingerprint density at radius 2 is 1.79 bits per heavy atom. The van der Waals surface area contributed by atoms with Crippen molar-refractivity contribution in [3.8, 4) is 5.75 Å². The van der Waals surface area contributed by atoms with Crippen LogP contribution in [0, 0.1) is 13.8 Å². The maximum atomic E-state index is 12.1. The lowest BCUT2D eigenvalue weighted by Gasteiger charge is -2.18. The van der Waals surface area contributed by atoms with E-state index in [1.54, 1.807) is 0 Å². The number of carbonyl (C=O) groups is 1. The molecule has 0 radical (unpaired) electrons. The minimum atomic E-state index is -4.75. The van der Waals surface area contributed by atoms with Gasteiger partial charge in [0.05, 0.1) is 5.56 Å². The van der Waals surface area contributed by atoms with Crippen LogP contribution in [0.2, 0.25) is 0 Å². The number of hydrogen-bond acceptors (Lipinski definition) is 3. The largest absolute Gasteiger partial charge is 0.490 e. The molecule has 0 aromatic heterocycles. The van der Waals surface area contributed by atoms with Gasteiger partial charge < -0.3 is 14.9 Å². The third-order valence-corrected chi connectivity index (χ3v) is 2.47. The first kappa shape index (κ1) is 15.3. The lowest BCUT2D eigenvalue weighted by atomic mass is 10.1. The van der Waals surface area contributed by atoms with Gasteiger partial charge in [-0.3, -0.25) is 0 Å². The van der Waals surface area contributed by atoms with Crippen molar-refractivity contribution in [2.75, 3.05) is 6.61 Å². The zero-order chi connectivity index (χ0) is 14.8. The molecule has 0 saturated carbocycles. The molecule has 0 amide bonds. The van der Waals surface area contributed by atoms with Gasteiger partial charge in [-0.1, -0.05) is 0 Å². The van der Waals surface area contributed by atoms with Gasteiger partial charge in [0.2, 0.25) is 0 Å². The third kappa shape index (κ3) is 3.85. The standard InChI is InChI=1S/C12H13F3O4/c1-6-3-8(11(17)18)4-7(2)10(6)19-5-9(16)12(13,14)15/h3-4,9,16H,5H2,1-2H3,(H,17,18). The van der Waals surface area contributed by atoms with Crippen LogP contribution in [0.3, 0.4) is 0 Å². The molecule has 1 atom stereocenters. The second-order valence-corrected chi connectivity index (χ2v) is 4.11. The lowest BCUT2D eigenvalue weighted by molar-refractivity contribution is -0.210. The van der Waals surface area contributed by atoms with Crippen molar-refractivity contribution in [1.82, 2.24) is 0 Å². The van der Waals surface area contributed by atoms with Crippen molar-refractivity contribution >= 4 is 5.97 Å². The number of aliphatic hydroxyl groups excluding tert-OH is 1. The van der Waals surface area contributed by atoms with Crippen LogP contribution < -0.4 is 4.74 Å². The zero-order valence-electron chi connectivity index (χ0n) is 10.3. The zero-order valence-corrected chi connectivity index (χ0v) is 10.3. The van der Waals surface area contributed by atoms with Crippen molar-refractivity contribution in [3.63, 3.8) is 0 Å². The average molecular weight is 278 g/mol. The second-order valence-electron chi connectivity index (χ2n) is 4.11. The molecule has 0 fully saturated rings. The summed E-state index contributed by atoms with van der Waals surface area (Å²) in [6, 6.07) is 2.59. The highest BCUT2D eigenvalue weighted by molar-refractivity contribution is 5.88. The van der Waals surface area contributed by atoms with Crippen LogP contribution >= 0.6 is 0 Å². The summed E-state index contributed by atoms with van der Waals surface area (Å²) >= 11 is 0. The Morgan fingerprint density at radius 3 is 2.16 bits per heavy atom. The quantitative estimate of drug-likeness (QED) is 0.887. The number of aryl methyl sites for hydroxylation is 2. The van der Waals surface area contributed by atoms with Crippen molar-refractivity contribution in [3.05, 3.63) is 28.8 Å². The number of aromatic carboxylic acids is 1. The summed E-state index contributed by atoms with van der Waals surface area (Å²) in [6.45, 7) is 2.11. The first-order chi connectivity index (χ1) is 8.62. The lowest BCUT2D eigenvalue weighted by Crippen LogP contribution is -2.34. The van der Waals surface area contributed by atoms with Gasteiger partial charge in [0.25, 0.3) is 0 Å². The summed E-state index contributed by atoms with van der Waals surface area (Å²) in [5.41, 5.74) is 0.817. The maximum Gasteiger partial charge on any atom is 0.417 e. The van der Waals surface area contributed by atoms with Crippen LogP contribution in [0.4, 0.5) is 13.2 Å².